The lowest BCUT2D eigenvalue weighted by atomic mass is 10.2. The molecule has 0 aliphatic heterocycles. The van der Waals surface area contributed by atoms with Crippen molar-refractivity contribution in [3.8, 4) is 11.5 Å². The molecular formula is C18H16ClNO4. The zero-order valence-electron chi connectivity index (χ0n) is 13.2. The Morgan fingerprint density at radius 3 is 2.67 bits per heavy atom. The molecule has 0 aromatic heterocycles. The van der Waals surface area contributed by atoms with Gasteiger partial charge in [-0.25, -0.2) is 0 Å². The van der Waals surface area contributed by atoms with Gasteiger partial charge in [0.25, 0.3) is 0 Å². The molecule has 0 unspecified atom stereocenters. The first kappa shape index (κ1) is 17.6. The quantitative estimate of drug-likeness (QED) is 0.506. The number of carbonyl (C=O) groups excluding carboxylic acids is 2. The highest BCUT2D eigenvalue weighted by molar-refractivity contribution is 6.30. The standard InChI is InChI=1S/C18H16ClNO4/c1-12(21)24-16-5-3-4-15(11-16)20-18(22)9-6-13-10-14(19)7-8-17(13)23-2/h3-11H,1-2H3,(H,20,22)/b9-6+. The van der Waals surface area contributed by atoms with Crippen LogP contribution in [-0.2, 0) is 9.59 Å². The number of hydrogen-bond donors (Lipinski definition) is 1. The van der Waals surface area contributed by atoms with Gasteiger partial charge in [0.2, 0.25) is 5.91 Å². The van der Waals surface area contributed by atoms with E-state index >= 15 is 0 Å². The Morgan fingerprint density at radius 2 is 1.96 bits per heavy atom. The summed E-state index contributed by atoms with van der Waals surface area (Å²) >= 11 is 5.95. The minimum atomic E-state index is -0.425. The van der Waals surface area contributed by atoms with Gasteiger partial charge >= 0.3 is 5.97 Å². The van der Waals surface area contributed by atoms with Crippen LogP contribution in [0.4, 0.5) is 5.69 Å². The summed E-state index contributed by atoms with van der Waals surface area (Å²) in [5.74, 6) is 0.213. The summed E-state index contributed by atoms with van der Waals surface area (Å²) in [7, 11) is 1.54. The van der Waals surface area contributed by atoms with E-state index in [1.54, 1.807) is 55.7 Å². The maximum atomic E-state index is 12.0. The lowest BCUT2D eigenvalue weighted by molar-refractivity contribution is -0.131. The van der Waals surface area contributed by atoms with Crippen molar-refractivity contribution >= 4 is 35.2 Å². The van der Waals surface area contributed by atoms with Crippen molar-refractivity contribution in [1.29, 1.82) is 0 Å². The van der Waals surface area contributed by atoms with Gasteiger partial charge in [0.05, 0.1) is 7.11 Å². The van der Waals surface area contributed by atoms with E-state index in [0.717, 1.165) is 0 Å². The molecule has 5 nitrogen and oxygen atoms in total. The highest BCUT2D eigenvalue weighted by atomic mass is 35.5. The van der Waals surface area contributed by atoms with Crippen LogP contribution < -0.4 is 14.8 Å². The average molecular weight is 346 g/mol. The summed E-state index contributed by atoms with van der Waals surface area (Å²) in [6.07, 6.45) is 2.97. The summed E-state index contributed by atoms with van der Waals surface area (Å²) in [5, 5.41) is 3.23. The molecule has 0 spiro atoms. The largest absolute Gasteiger partial charge is 0.496 e. The molecule has 0 fully saturated rings. The Bertz CT molecular complexity index is 786. The van der Waals surface area contributed by atoms with Crippen LogP contribution in [0.3, 0.4) is 0 Å². The average Bonchev–Trinajstić information content (AvgIpc) is 2.53. The van der Waals surface area contributed by atoms with Crippen LogP contribution >= 0.6 is 11.6 Å². The van der Waals surface area contributed by atoms with Crippen LogP contribution in [-0.4, -0.2) is 19.0 Å². The molecule has 0 radical (unpaired) electrons. The molecule has 24 heavy (non-hydrogen) atoms. The molecule has 0 heterocycles. The molecule has 2 rings (SSSR count). The molecule has 2 aromatic rings. The van der Waals surface area contributed by atoms with Crippen LogP contribution in [0, 0.1) is 0 Å². The normalized spacial score (nSPS) is 10.5. The zero-order valence-corrected chi connectivity index (χ0v) is 14.0. The van der Waals surface area contributed by atoms with E-state index < -0.39 is 5.97 Å². The Morgan fingerprint density at radius 1 is 1.17 bits per heavy atom. The van der Waals surface area contributed by atoms with Crippen LogP contribution in [0.2, 0.25) is 5.02 Å². The van der Waals surface area contributed by atoms with E-state index in [4.69, 9.17) is 21.1 Å². The fraction of sp³-hybridized carbons (Fsp3) is 0.111. The predicted octanol–water partition coefficient (Wildman–Crippen LogP) is 3.93. The second-order valence-corrected chi connectivity index (χ2v) is 5.27. The maximum Gasteiger partial charge on any atom is 0.308 e. The van der Waals surface area contributed by atoms with Gasteiger partial charge in [0.15, 0.2) is 0 Å². The number of benzene rings is 2. The van der Waals surface area contributed by atoms with Crippen molar-refractivity contribution in [3.05, 3.63) is 59.1 Å². The van der Waals surface area contributed by atoms with E-state index in [1.807, 2.05) is 0 Å². The third-order valence-corrected chi connectivity index (χ3v) is 3.20. The van der Waals surface area contributed by atoms with E-state index in [2.05, 4.69) is 5.32 Å². The molecule has 1 amide bonds. The SMILES string of the molecule is COc1ccc(Cl)cc1/C=C/C(=O)Nc1cccc(OC(C)=O)c1. The lowest BCUT2D eigenvalue weighted by Crippen LogP contribution is -2.08. The minimum Gasteiger partial charge on any atom is -0.496 e. The first-order valence-electron chi connectivity index (χ1n) is 7.09. The smallest absolute Gasteiger partial charge is 0.308 e. The second-order valence-electron chi connectivity index (χ2n) is 4.83. The van der Waals surface area contributed by atoms with Gasteiger partial charge in [-0.2, -0.15) is 0 Å². The third kappa shape index (κ3) is 5.14. The molecule has 2 aromatic carbocycles. The molecule has 0 saturated carbocycles. The van der Waals surface area contributed by atoms with Gasteiger partial charge in [-0.3, -0.25) is 9.59 Å². The molecule has 0 atom stereocenters. The molecule has 0 aliphatic rings. The Kier molecular flexibility index (Phi) is 5.98. The summed E-state index contributed by atoms with van der Waals surface area (Å²) in [6.45, 7) is 1.31. The van der Waals surface area contributed by atoms with Gasteiger partial charge in [-0.15, -0.1) is 0 Å². The number of nitrogens with one attached hydrogen (secondary N) is 1. The fourth-order valence-corrected chi connectivity index (χ4v) is 2.17. The zero-order chi connectivity index (χ0) is 17.5. The third-order valence-electron chi connectivity index (χ3n) is 2.97. The number of hydrogen-bond acceptors (Lipinski definition) is 4. The number of esters is 1. The minimum absolute atomic E-state index is 0.336. The number of carbonyl (C=O) groups is 2. The lowest BCUT2D eigenvalue weighted by Gasteiger charge is -2.06. The van der Waals surface area contributed by atoms with Crippen LogP contribution in [0.15, 0.2) is 48.5 Å². The molecule has 6 heteroatoms. The Hall–Kier alpha value is -2.79. The highest BCUT2D eigenvalue weighted by Crippen LogP contribution is 2.24. The summed E-state index contributed by atoms with van der Waals surface area (Å²) in [6, 6.07) is 11.7. The monoisotopic (exact) mass is 345 g/mol. The number of ether oxygens (including phenoxy) is 2. The first-order chi connectivity index (χ1) is 11.5. The maximum absolute atomic E-state index is 12.0. The number of halogens is 1. The Balaban J connectivity index is 2.08. The number of amides is 1. The van der Waals surface area contributed by atoms with Crippen molar-refractivity contribution in [1.82, 2.24) is 0 Å². The topological polar surface area (TPSA) is 64.6 Å². The number of rotatable bonds is 5. The van der Waals surface area contributed by atoms with Crippen LogP contribution in [0.5, 0.6) is 11.5 Å². The molecule has 0 saturated heterocycles. The van der Waals surface area contributed by atoms with Crippen molar-refractivity contribution in [2.24, 2.45) is 0 Å². The predicted molar refractivity (Wildman–Crippen MR) is 93.4 cm³/mol. The number of methoxy groups -OCH3 is 1. The van der Waals surface area contributed by atoms with E-state index in [-0.39, 0.29) is 5.91 Å². The van der Waals surface area contributed by atoms with Crippen LogP contribution in [0.25, 0.3) is 6.08 Å². The van der Waals surface area contributed by atoms with Crippen molar-refractivity contribution < 1.29 is 19.1 Å². The second kappa shape index (κ2) is 8.17. The Labute approximate surface area is 144 Å². The summed E-state index contributed by atoms with van der Waals surface area (Å²) < 4.78 is 10.2. The van der Waals surface area contributed by atoms with Gasteiger partial charge in [0.1, 0.15) is 11.5 Å². The first-order valence-corrected chi connectivity index (χ1v) is 7.47. The summed E-state index contributed by atoms with van der Waals surface area (Å²) in [5.41, 5.74) is 1.20. The van der Waals surface area contributed by atoms with E-state index in [1.165, 1.54) is 13.0 Å². The van der Waals surface area contributed by atoms with E-state index in [0.29, 0.717) is 27.8 Å². The van der Waals surface area contributed by atoms with Gasteiger partial charge in [-0.05, 0) is 36.4 Å². The molecular weight excluding hydrogens is 330 g/mol. The van der Waals surface area contributed by atoms with Crippen molar-refractivity contribution in [2.45, 2.75) is 6.92 Å². The van der Waals surface area contributed by atoms with Crippen molar-refractivity contribution in [2.75, 3.05) is 12.4 Å². The van der Waals surface area contributed by atoms with Gasteiger partial charge in [-0.1, -0.05) is 17.7 Å². The van der Waals surface area contributed by atoms with Crippen molar-refractivity contribution in [3.63, 3.8) is 0 Å². The fourth-order valence-electron chi connectivity index (χ4n) is 1.99. The molecule has 0 aliphatic carbocycles. The highest BCUT2D eigenvalue weighted by Gasteiger charge is 2.04. The number of anilines is 1. The molecule has 1 N–H and O–H groups in total. The molecule has 0 bridgehead atoms. The van der Waals surface area contributed by atoms with Crippen LogP contribution in [0.1, 0.15) is 12.5 Å². The van der Waals surface area contributed by atoms with Gasteiger partial charge < -0.3 is 14.8 Å². The van der Waals surface area contributed by atoms with E-state index in [9.17, 15) is 9.59 Å². The summed E-state index contributed by atoms with van der Waals surface area (Å²) in [4.78, 5) is 23.0. The van der Waals surface area contributed by atoms with Gasteiger partial charge in [0, 0.05) is 35.3 Å². The molecule has 124 valence electrons.